The number of carbonyl (C=O) groups excluding carboxylic acids is 2. The number of nitrogens with zero attached hydrogens (tertiary/aromatic N) is 2. The van der Waals surface area contributed by atoms with Crippen LogP contribution in [0.4, 0.5) is 10.5 Å². The van der Waals surface area contributed by atoms with Gasteiger partial charge in [0.25, 0.3) is 5.91 Å². The van der Waals surface area contributed by atoms with Gasteiger partial charge in [0.15, 0.2) is 6.10 Å². The predicted molar refractivity (Wildman–Crippen MR) is 111 cm³/mol. The molecule has 1 saturated heterocycles. The number of benzene rings is 2. The van der Waals surface area contributed by atoms with Gasteiger partial charge in [-0.1, -0.05) is 42.5 Å². The van der Waals surface area contributed by atoms with Gasteiger partial charge in [-0.05, 0) is 54.4 Å². The Hall–Kier alpha value is -2.82. The monoisotopic (exact) mass is 390 g/mol. The number of amides is 2. The van der Waals surface area contributed by atoms with Crippen LogP contribution in [-0.2, 0) is 35.2 Å². The van der Waals surface area contributed by atoms with E-state index in [4.69, 9.17) is 4.74 Å². The lowest BCUT2D eigenvalue weighted by molar-refractivity contribution is -0.129. The fraction of sp³-hybridized carbons (Fsp3) is 0.417. The van der Waals surface area contributed by atoms with E-state index >= 15 is 0 Å². The van der Waals surface area contributed by atoms with Crippen molar-refractivity contribution < 1.29 is 14.3 Å². The van der Waals surface area contributed by atoms with Crippen LogP contribution in [0.5, 0.6) is 0 Å². The molecular weight excluding hydrogens is 364 g/mol. The van der Waals surface area contributed by atoms with Gasteiger partial charge in [0, 0.05) is 31.7 Å². The van der Waals surface area contributed by atoms with E-state index in [0.717, 1.165) is 37.1 Å². The molecule has 0 aromatic heterocycles. The summed E-state index contributed by atoms with van der Waals surface area (Å²) in [6, 6.07) is 14.3. The summed E-state index contributed by atoms with van der Waals surface area (Å²) in [6.07, 6.45) is 4.44. The Balaban J connectivity index is 1.30. The molecule has 29 heavy (non-hydrogen) atoms. The molecule has 1 atom stereocenters. The SMILES string of the molecule is O=C1OC(Cc2cc3c4c(c2)CCCN4CCC3)C(=O)N1CCc1ccccc1. The van der Waals surface area contributed by atoms with Gasteiger partial charge in [-0.15, -0.1) is 0 Å². The molecule has 5 heteroatoms. The van der Waals surface area contributed by atoms with Crippen LogP contribution in [0, 0.1) is 0 Å². The Morgan fingerprint density at radius 3 is 2.31 bits per heavy atom. The molecule has 3 aliphatic rings. The topological polar surface area (TPSA) is 49.9 Å². The highest BCUT2D eigenvalue weighted by Crippen LogP contribution is 2.36. The fourth-order valence-electron chi connectivity index (χ4n) is 4.92. The minimum absolute atomic E-state index is 0.209. The summed E-state index contributed by atoms with van der Waals surface area (Å²) < 4.78 is 5.46. The zero-order valence-corrected chi connectivity index (χ0v) is 16.6. The van der Waals surface area contributed by atoms with Crippen LogP contribution in [-0.4, -0.2) is 42.6 Å². The highest BCUT2D eigenvalue weighted by Gasteiger charge is 2.40. The van der Waals surface area contributed by atoms with Crippen LogP contribution in [0.15, 0.2) is 42.5 Å². The fourth-order valence-corrected chi connectivity index (χ4v) is 4.92. The molecule has 3 heterocycles. The van der Waals surface area contributed by atoms with Gasteiger partial charge in [0.1, 0.15) is 0 Å². The summed E-state index contributed by atoms with van der Waals surface area (Å²) in [5.74, 6) is -0.209. The van der Waals surface area contributed by atoms with Crippen LogP contribution < -0.4 is 4.90 Å². The van der Waals surface area contributed by atoms with Crippen LogP contribution in [0.25, 0.3) is 0 Å². The Morgan fingerprint density at radius 2 is 1.62 bits per heavy atom. The third-order valence-corrected chi connectivity index (χ3v) is 6.29. The van der Waals surface area contributed by atoms with Gasteiger partial charge in [0.05, 0.1) is 0 Å². The van der Waals surface area contributed by atoms with Crippen molar-refractivity contribution in [2.45, 2.75) is 44.6 Å². The first-order chi connectivity index (χ1) is 14.2. The second-order valence-electron chi connectivity index (χ2n) is 8.26. The van der Waals surface area contributed by atoms with Gasteiger partial charge in [-0.3, -0.25) is 4.79 Å². The van der Waals surface area contributed by atoms with Crippen molar-refractivity contribution in [1.82, 2.24) is 4.90 Å². The molecule has 2 aromatic rings. The number of rotatable bonds is 5. The molecular formula is C24H26N2O3. The highest BCUT2D eigenvalue weighted by molar-refractivity contribution is 6.00. The Bertz CT molecular complexity index is 909. The summed E-state index contributed by atoms with van der Waals surface area (Å²) >= 11 is 0. The molecule has 0 N–H and O–H groups in total. The van der Waals surface area contributed by atoms with Gasteiger partial charge in [0.2, 0.25) is 0 Å². The zero-order chi connectivity index (χ0) is 19.8. The summed E-state index contributed by atoms with van der Waals surface area (Å²) in [7, 11) is 0. The number of hydrogen-bond donors (Lipinski definition) is 0. The average Bonchev–Trinajstić information content (AvgIpc) is 3.00. The van der Waals surface area contributed by atoms with Crippen molar-refractivity contribution in [1.29, 1.82) is 0 Å². The molecule has 5 nitrogen and oxygen atoms in total. The largest absolute Gasteiger partial charge is 0.435 e. The molecule has 3 aliphatic heterocycles. The lowest BCUT2D eigenvalue weighted by atomic mass is 9.89. The minimum Gasteiger partial charge on any atom is -0.435 e. The number of ether oxygens (including phenoxy) is 1. The molecule has 2 amide bonds. The third kappa shape index (κ3) is 3.50. The van der Waals surface area contributed by atoms with E-state index in [2.05, 4.69) is 17.0 Å². The number of hydrogen-bond acceptors (Lipinski definition) is 4. The molecule has 2 aromatic carbocycles. The van der Waals surface area contributed by atoms with Gasteiger partial charge >= 0.3 is 6.09 Å². The number of aryl methyl sites for hydroxylation is 2. The van der Waals surface area contributed by atoms with Gasteiger partial charge in [-0.25, -0.2) is 9.69 Å². The molecule has 0 radical (unpaired) electrons. The second-order valence-corrected chi connectivity index (χ2v) is 8.26. The first-order valence-electron chi connectivity index (χ1n) is 10.6. The number of cyclic esters (lactones) is 1. The van der Waals surface area contributed by atoms with Gasteiger partial charge in [-0.2, -0.15) is 0 Å². The summed E-state index contributed by atoms with van der Waals surface area (Å²) in [5, 5.41) is 0. The Kier molecular flexibility index (Phi) is 4.74. The van der Waals surface area contributed by atoms with E-state index in [1.54, 1.807) is 0 Å². The number of anilines is 1. The lowest BCUT2D eigenvalue weighted by Gasteiger charge is -2.37. The van der Waals surface area contributed by atoms with Crippen LogP contribution in [0.3, 0.4) is 0 Å². The van der Waals surface area contributed by atoms with Crippen molar-refractivity contribution >= 4 is 17.7 Å². The molecule has 0 saturated carbocycles. The molecule has 1 unspecified atom stereocenters. The maximum atomic E-state index is 12.8. The van der Waals surface area contributed by atoms with E-state index in [1.807, 2.05) is 30.3 Å². The van der Waals surface area contributed by atoms with E-state index in [9.17, 15) is 9.59 Å². The summed E-state index contributed by atoms with van der Waals surface area (Å²) in [5.41, 5.74) is 6.42. The number of carbonyl (C=O) groups is 2. The predicted octanol–water partition coefficient (Wildman–Crippen LogP) is 3.52. The molecule has 1 fully saturated rings. The first kappa shape index (κ1) is 18.2. The standard InChI is InChI=1S/C24H26N2O3/c27-23-21(29-24(28)26(23)13-10-17-6-2-1-3-7-17)16-18-14-19-8-4-11-25-12-5-9-20(15-18)22(19)25/h1-3,6-7,14-15,21H,4-5,8-13,16H2. The Morgan fingerprint density at radius 1 is 0.931 bits per heavy atom. The van der Waals surface area contributed by atoms with Crippen LogP contribution in [0.2, 0.25) is 0 Å². The average molecular weight is 390 g/mol. The molecule has 5 rings (SSSR count). The molecule has 0 aliphatic carbocycles. The Labute approximate surface area is 171 Å². The van der Waals surface area contributed by atoms with E-state index in [-0.39, 0.29) is 5.91 Å². The van der Waals surface area contributed by atoms with Crippen LogP contribution in [0.1, 0.15) is 35.1 Å². The molecule has 0 spiro atoms. The van der Waals surface area contributed by atoms with Crippen molar-refractivity contribution in [3.63, 3.8) is 0 Å². The number of imide groups is 1. The molecule has 150 valence electrons. The van der Waals surface area contributed by atoms with E-state index in [1.165, 1.54) is 34.6 Å². The first-order valence-corrected chi connectivity index (χ1v) is 10.6. The highest BCUT2D eigenvalue weighted by atomic mass is 16.6. The van der Waals surface area contributed by atoms with Crippen molar-refractivity contribution in [2.75, 3.05) is 24.5 Å². The third-order valence-electron chi connectivity index (χ3n) is 6.29. The minimum atomic E-state index is -0.702. The maximum Gasteiger partial charge on any atom is 0.417 e. The lowest BCUT2D eigenvalue weighted by Crippen LogP contribution is -2.35. The smallest absolute Gasteiger partial charge is 0.417 e. The van der Waals surface area contributed by atoms with Crippen molar-refractivity contribution in [2.24, 2.45) is 0 Å². The van der Waals surface area contributed by atoms with Crippen molar-refractivity contribution in [3.05, 3.63) is 64.7 Å². The quantitative estimate of drug-likeness (QED) is 0.784. The normalized spacial score (nSPS) is 20.6. The maximum absolute atomic E-state index is 12.8. The van der Waals surface area contributed by atoms with E-state index in [0.29, 0.717) is 19.4 Å². The van der Waals surface area contributed by atoms with Gasteiger partial charge < -0.3 is 9.64 Å². The van der Waals surface area contributed by atoms with Crippen molar-refractivity contribution in [3.8, 4) is 0 Å². The molecule has 0 bridgehead atoms. The summed E-state index contributed by atoms with van der Waals surface area (Å²) in [6.45, 7) is 2.66. The zero-order valence-electron chi connectivity index (χ0n) is 16.6. The van der Waals surface area contributed by atoms with E-state index < -0.39 is 12.2 Å². The second kappa shape index (κ2) is 7.54. The van der Waals surface area contributed by atoms with Crippen LogP contribution >= 0.6 is 0 Å². The summed E-state index contributed by atoms with van der Waals surface area (Å²) in [4.78, 5) is 28.9.